The zero-order chi connectivity index (χ0) is 16.2. The Balaban J connectivity index is 1.57. The number of nitrogens with zero attached hydrogens (tertiary/aromatic N) is 3. The summed E-state index contributed by atoms with van der Waals surface area (Å²) in [4.78, 5) is 14.1. The fourth-order valence-electron chi connectivity index (χ4n) is 2.31. The van der Waals surface area contributed by atoms with Crippen LogP contribution < -0.4 is 0 Å². The minimum Gasteiger partial charge on any atom is -0.370 e. The van der Waals surface area contributed by atoms with Crippen LogP contribution in [0.25, 0.3) is 0 Å². The predicted molar refractivity (Wildman–Crippen MR) is 87.0 cm³/mol. The lowest BCUT2D eigenvalue weighted by Gasteiger charge is -2.33. The van der Waals surface area contributed by atoms with Crippen molar-refractivity contribution >= 4 is 29.0 Å². The SMILES string of the molecule is Cc1nnc(SCC(=O)N2CCOC(c3ccc(F)cc3)C2)s1. The second kappa shape index (κ2) is 7.37. The van der Waals surface area contributed by atoms with Crippen LogP contribution in [0.2, 0.25) is 0 Å². The molecule has 8 heteroatoms. The first kappa shape index (κ1) is 16.4. The molecule has 5 nitrogen and oxygen atoms in total. The van der Waals surface area contributed by atoms with Crippen LogP contribution in [0.5, 0.6) is 0 Å². The zero-order valence-electron chi connectivity index (χ0n) is 12.6. The number of halogens is 1. The topological polar surface area (TPSA) is 55.3 Å². The normalized spacial score (nSPS) is 18.2. The highest BCUT2D eigenvalue weighted by atomic mass is 32.2. The predicted octanol–water partition coefficient (Wildman–Crippen LogP) is 2.68. The number of amides is 1. The van der Waals surface area contributed by atoms with Gasteiger partial charge in [0.2, 0.25) is 5.91 Å². The highest BCUT2D eigenvalue weighted by Gasteiger charge is 2.25. The number of aromatic nitrogens is 2. The lowest BCUT2D eigenvalue weighted by atomic mass is 10.1. The highest BCUT2D eigenvalue weighted by molar-refractivity contribution is 8.01. The third-order valence-corrected chi connectivity index (χ3v) is 5.44. The molecule has 122 valence electrons. The molecule has 2 aromatic rings. The van der Waals surface area contributed by atoms with Crippen molar-refractivity contribution < 1.29 is 13.9 Å². The number of thioether (sulfide) groups is 1. The molecule has 0 aliphatic carbocycles. The molecule has 1 amide bonds. The summed E-state index contributed by atoms with van der Waals surface area (Å²) in [6.07, 6.45) is -0.206. The monoisotopic (exact) mass is 353 g/mol. The summed E-state index contributed by atoms with van der Waals surface area (Å²) in [6, 6.07) is 6.22. The van der Waals surface area contributed by atoms with E-state index in [-0.39, 0.29) is 17.8 Å². The summed E-state index contributed by atoms with van der Waals surface area (Å²) in [6.45, 7) is 3.43. The Hall–Kier alpha value is -1.51. The van der Waals surface area contributed by atoms with Crippen molar-refractivity contribution in [3.8, 4) is 0 Å². The average molecular weight is 353 g/mol. The van der Waals surface area contributed by atoms with Crippen LogP contribution in [0, 0.1) is 12.7 Å². The molecule has 23 heavy (non-hydrogen) atoms. The number of aryl methyl sites for hydroxylation is 1. The van der Waals surface area contributed by atoms with Gasteiger partial charge in [0.25, 0.3) is 0 Å². The van der Waals surface area contributed by atoms with Crippen LogP contribution in [0.4, 0.5) is 4.39 Å². The third kappa shape index (κ3) is 4.27. The van der Waals surface area contributed by atoms with Crippen LogP contribution in [0.15, 0.2) is 28.6 Å². The van der Waals surface area contributed by atoms with Crippen LogP contribution in [-0.2, 0) is 9.53 Å². The van der Waals surface area contributed by atoms with Crippen LogP contribution in [0.1, 0.15) is 16.7 Å². The molecule has 1 aromatic heterocycles. The molecule has 0 spiro atoms. The van der Waals surface area contributed by atoms with Gasteiger partial charge in [-0.1, -0.05) is 35.2 Å². The molecular formula is C15H16FN3O2S2. The van der Waals surface area contributed by atoms with Crippen LogP contribution in [0.3, 0.4) is 0 Å². The molecule has 0 saturated carbocycles. The minimum atomic E-state index is -0.277. The Morgan fingerprint density at radius 3 is 2.91 bits per heavy atom. The van der Waals surface area contributed by atoms with E-state index in [9.17, 15) is 9.18 Å². The van der Waals surface area contributed by atoms with Crippen molar-refractivity contribution in [3.63, 3.8) is 0 Å². The Kier molecular flexibility index (Phi) is 5.24. The average Bonchev–Trinajstić information content (AvgIpc) is 2.99. The molecule has 2 heterocycles. The lowest BCUT2D eigenvalue weighted by molar-refractivity contribution is -0.136. The number of morpholine rings is 1. The van der Waals surface area contributed by atoms with Gasteiger partial charge in [-0.15, -0.1) is 10.2 Å². The van der Waals surface area contributed by atoms with Gasteiger partial charge < -0.3 is 9.64 Å². The molecular weight excluding hydrogens is 337 g/mol. The summed E-state index contributed by atoms with van der Waals surface area (Å²) < 4.78 is 19.5. The molecule has 1 atom stereocenters. The van der Waals surface area contributed by atoms with E-state index in [1.807, 2.05) is 6.92 Å². The Labute approximate surface area is 141 Å². The standard InChI is InChI=1S/C15H16FN3O2S2/c1-10-17-18-15(23-10)22-9-14(20)19-6-7-21-13(8-19)11-2-4-12(16)5-3-11/h2-5,13H,6-9H2,1H3. The molecule has 1 unspecified atom stereocenters. The second-order valence-corrected chi connectivity index (χ2v) is 7.53. The number of ether oxygens (including phenoxy) is 1. The van der Waals surface area contributed by atoms with Crippen LogP contribution in [-0.4, -0.2) is 46.5 Å². The van der Waals surface area contributed by atoms with E-state index < -0.39 is 0 Å². The summed E-state index contributed by atoms with van der Waals surface area (Å²) >= 11 is 2.89. The van der Waals surface area contributed by atoms with Gasteiger partial charge in [-0.05, 0) is 24.6 Å². The van der Waals surface area contributed by atoms with Gasteiger partial charge in [0.1, 0.15) is 16.9 Å². The van der Waals surface area contributed by atoms with E-state index in [0.717, 1.165) is 14.9 Å². The van der Waals surface area contributed by atoms with Gasteiger partial charge in [0, 0.05) is 6.54 Å². The van der Waals surface area contributed by atoms with Crippen molar-refractivity contribution in [2.75, 3.05) is 25.4 Å². The fourth-order valence-corrected chi connectivity index (χ4v) is 4.02. The maximum absolute atomic E-state index is 13.0. The molecule has 0 bridgehead atoms. The van der Waals surface area contributed by atoms with Crippen molar-refractivity contribution in [3.05, 3.63) is 40.7 Å². The molecule has 1 aromatic carbocycles. The smallest absolute Gasteiger partial charge is 0.233 e. The molecule has 1 aliphatic heterocycles. The summed E-state index contributed by atoms with van der Waals surface area (Å²) in [5.74, 6) is 0.115. The maximum atomic E-state index is 13.0. The van der Waals surface area contributed by atoms with Gasteiger partial charge in [-0.25, -0.2) is 4.39 Å². The summed E-state index contributed by atoms with van der Waals surface area (Å²) in [5.41, 5.74) is 0.885. The Bertz CT molecular complexity index is 678. The molecule has 0 N–H and O–H groups in total. The third-order valence-electron chi connectivity index (χ3n) is 3.49. The van der Waals surface area contributed by atoms with E-state index >= 15 is 0 Å². The van der Waals surface area contributed by atoms with E-state index in [4.69, 9.17) is 4.74 Å². The largest absolute Gasteiger partial charge is 0.370 e. The number of carbonyl (C=O) groups is 1. The second-order valence-electron chi connectivity index (χ2n) is 5.13. The summed E-state index contributed by atoms with van der Waals surface area (Å²) in [7, 11) is 0. The quantitative estimate of drug-likeness (QED) is 0.791. The van der Waals surface area contributed by atoms with Crippen molar-refractivity contribution in [2.45, 2.75) is 17.4 Å². The van der Waals surface area contributed by atoms with Gasteiger partial charge in [0.05, 0.1) is 18.9 Å². The molecule has 0 radical (unpaired) electrons. The number of hydrogen-bond donors (Lipinski definition) is 0. The van der Waals surface area contributed by atoms with Crippen molar-refractivity contribution in [1.29, 1.82) is 0 Å². The number of rotatable bonds is 4. The Morgan fingerprint density at radius 2 is 2.22 bits per heavy atom. The molecule has 1 saturated heterocycles. The maximum Gasteiger partial charge on any atom is 0.233 e. The van der Waals surface area contributed by atoms with Crippen molar-refractivity contribution in [1.82, 2.24) is 15.1 Å². The van der Waals surface area contributed by atoms with Gasteiger partial charge >= 0.3 is 0 Å². The van der Waals surface area contributed by atoms with E-state index in [2.05, 4.69) is 10.2 Å². The highest BCUT2D eigenvalue weighted by Crippen LogP contribution is 2.25. The lowest BCUT2D eigenvalue weighted by Crippen LogP contribution is -2.43. The molecule has 3 rings (SSSR count). The van der Waals surface area contributed by atoms with Gasteiger partial charge in [0.15, 0.2) is 4.34 Å². The number of benzene rings is 1. The first-order chi connectivity index (χ1) is 11.1. The van der Waals surface area contributed by atoms with Crippen molar-refractivity contribution in [2.24, 2.45) is 0 Å². The number of carbonyl (C=O) groups excluding carboxylic acids is 1. The van der Waals surface area contributed by atoms with E-state index in [0.29, 0.717) is 25.4 Å². The summed E-state index contributed by atoms with van der Waals surface area (Å²) in [5, 5.41) is 8.83. The van der Waals surface area contributed by atoms with E-state index in [1.165, 1.54) is 35.2 Å². The van der Waals surface area contributed by atoms with Gasteiger partial charge in [-0.2, -0.15) is 0 Å². The molecule has 1 aliphatic rings. The minimum absolute atomic E-state index is 0.0539. The van der Waals surface area contributed by atoms with Crippen LogP contribution >= 0.6 is 23.1 Å². The van der Waals surface area contributed by atoms with E-state index in [1.54, 1.807) is 17.0 Å². The Morgan fingerprint density at radius 1 is 1.43 bits per heavy atom. The number of hydrogen-bond acceptors (Lipinski definition) is 6. The fraction of sp³-hybridized carbons (Fsp3) is 0.400. The van der Waals surface area contributed by atoms with Gasteiger partial charge in [-0.3, -0.25) is 4.79 Å². The molecule has 1 fully saturated rings. The first-order valence-corrected chi connectivity index (χ1v) is 9.00. The zero-order valence-corrected chi connectivity index (χ0v) is 14.2. The first-order valence-electron chi connectivity index (χ1n) is 7.19.